The molecule has 8 heteroatoms. The molecule has 0 aromatic carbocycles. The number of hydrogen-bond donors (Lipinski definition) is 1. The first-order chi connectivity index (χ1) is 7.47. The molecule has 1 aromatic rings. The van der Waals surface area contributed by atoms with Gasteiger partial charge in [0.05, 0.1) is 12.5 Å². The predicted octanol–water partition coefficient (Wildman–Crippen LogP) is -0.193. The zero-order valence-electron chi connectivity index (χ0n) is 8.96. The van der Waals surface area contributed by atoms with Crippen LogP contribution in [0.25, 0.3) is 0 Å². The Labute approximate surface area is 98.7 Å². The lowest BCUT2D eigenvalue weighted by atomic mass is 10.4. The van der Waals surface area contributed by atoms with E-state index in [2.05, 4.69) is 9.88 Å². The Kier molecular flexibility index (Phi) is 3.04. The average molecular weight is 262 g/mol. The predicted molar refractivity (Wildman–Crippen MR) is 65.2 cm³/mol. The molecule has 1 fully saturated rings. The molecule has 0 amide bonds. The van der Waals surface area contributed by atoms with E-state index < -0.39 is 10.0 Å². The largest absolute Gasteiger partial charge is 0.389 e. The van der Waals surface area contributed by atoms with Crippen LogP contribution in [0, 0.1) is 0 Å². The SMILES string of the molecule is CS(=O)(=O)N1CCN(c2ncc(N)s2)CC1. The van der Waals surface area contributed by atoms with Crippen LogP contribution in [0.1, 0.15) is 0 Å². The highest BCUT2D eigenvalue weighted by Gasteiger charge is 2.24. The number of anilines is 2. The standard InChI is InChI=1S/C8H14N4O2S2/c1-16(13,14)12-4-2-11(3-5-12)8-10-6-7(9)15-8/h6H,2-5,9H2,1H3. The minimum absolute atomic E-state index is 0.512. The zero-order valence-corrected chi connectivity index (χ0v) is 10.6. The van der Waals surface area contributed by atoms with Crippen molar-refractivity contribution in [1.82, 2.24) is 9.29 Å². The van der Waals surface area contributed by atoms with Crippen LogP contribution >= 0.6 is 11.3 Å². The van der Waals surface area contributed by atoms with Gasteiger partial charge in [0.1, 0.15) is 5.00 Å². The maximum absolute atomic E-state index is 11.3. The first-order valence-corrected chi connectivity index (χ1v) is 7.54. The normalized spacial score (nSPS) is 18.9. The molecule has 1 aliphatic rings. The van der Waals surface area contributed by atoms with Crippen LogP contribution in [-0.2, 0) is 10.0 Å². The molecule has 2 heterocycles. The second-order valence-corrected chi connectivity index (χ2v) is 6.72. The van der Waals surface area contributed by atoms with E-state index in [1.54, 1.807) is 6.20 Å². The third-order valence-electron chi connectivity index (χ3n) is 2.49. The fraction of sp³-hybridized carbons (Fsp3) is 0.625. The highest BCUT2D eigenvalue weighted by Crippen LogP contribution is 2.25. The Morgan fingerprint density at radius 3 is 2.44 bits per heavy atom. The van der Waals surface area contributed by atoms with Crippen LogP contribution in [0.4, 0.5) is 10.1 Å². The van der Waals surface area contributed by atoms with Gasteiger partial charge in [-0.2, -0.15) is 4.31 Å². The summed E-state index contributed by atoms with van der Waals surface area (Å²) in [5.74, 6) is 0. The minimum Gasteiger partial charge on any atom is -0.389 e. The van der Waals surface area contributed by atoms with Gasteiger partial charge < -0.3 is 10.6 Å². The van der Waals surface area contributed by atoms with E-state index in [4.69, 9.17) is 5.73 Å². The molecular formula is C8H14N4O2S2. The first kappa shape index (κ1) is 11.6. The van der Waals surface area contributed by atoms with Crippen LogP contribution in [0.15, 0.2) is 6.20 Å². The van der Waals surface area contributed by atoms with Crippen molar-refractivity contribution in [3.8, 4) is 0 Å². The van der Waals surface area contributed by atoms with E-state index in [9.17, 15) is 8.42 Å². The topological polar surface area (TPSA) is 79.5 Å². The third-order valence-corrected chi connectivity index (χ3v) is 4.68. The molecule has 0 aliphatic carbocycles. The molecule has 6 nitrogen and oxygen atoms in total. The van der Waals surface area contributed by atoms with Gasteiger partial charge in [-0.1, -0.05) is 11.3 Å². The maximum atomic E-state index is 11.3. The second-order valence-electron chi connectivity index (χ2n) is 3.69. The van der Waals surface area contributed by atoms with E-state index in [0.29, 0.717) is 31.2 Å². The molecule has 0 radical (unpaired) electrons. The number of thiazole rings is 1. The van der Waals surface area contributed by atoms with Crippen LogP contribution < -0.4 is 10.6 Å². The lowest BCUT2D eigenvalue weighted by molar-refractivity contribution is 0.388. The summed E-state index contributed by atoms with van der Waals surface area (Å²) in [6.07, 6.45) is 2.87. The van der Waals surface area contributed by atoms with Crippen molar-refractivity contribution >= 4 is 31.5 Å². The average Bonchev–Trinajstić information content (AvgIpc) is 2.64. The van der Waals surface area contributed by atoms with Crippen molar-refractivity contribution in [2.24, 2.45) is 0 Å². The number of hydrogen-bond acceptors (Lipinski definition) is 6. The fourth-order valence-electron chi connectivity index (χ4n) is 1.63. The van der Waals surface area contributed by atoms with Crippen molar-refractivity contribution < 1.29 is 8.42 Å². The van der Waals surface area contributed by atoms with Crippen molar-refractivity contribution in [3.05, 3.63) is 6.20 Å². The molecule has 0 atom stereocenters. The second kappa shape index (κ2) is 4.19. The Bertz CT molecular complexity index is 462. The summed E-state index contributed by atoms with van der Waals surface area (Å²) in [4.78, 5) is 6.24. The van der Waals surface area contributed by atoms with E-state index in [-0.39, 0.29) is 0 Å². The third kappa shape index (κ3) is 2.45. The molecule has 1 aliphatic heterocycles. The van der Waals surface area contributed by atoms with E-state index in [0.717, 1.165) is 5.13 Å². The Hall–Kier alpha value is -0.860. The van der Waals surface area contributed by atoms with Gasteiger partial charge in [-0.15, -0.1) is 0 Å². The van der Waals surface area contributed by atoms with Crippen LogP contribution in [0.3, 0.4) is 0 Å². The molecular weight excluding hydrogens is 248 g/mol. The number of nitrogens with zero attached hydrogens (tertiary/aromatic N) is 3. The monoisotopic (exact) mass is 262 g/mol. The van der Waals surface area contributed by atoms with Crippen LogP contribution in [0.5, 0.6) is 0 Å². The minimum atomic E-state index is -3.06. The lowest BCUT2D eigenvalue weighted by Crippen LogP contribution is -2.48. The molecule has 1 aromatic heterocycles. The smallest absolute Gasteiger partial charge is 0.211 e. The molecule has 2 N–H and O–H groups in total. The van der Waals surface area contributed by atoms with Crippen LogP contribution in [-0.4, -0.2) is 50.1 Å². The molecule has 0 saturated carbocycles. The van der Waals surface area contributed by atoms with Gasteiger partial charge in [-0.25, -0.2) is 13.4 Å². The summed E-state index contributed by atoms with van der Waals surface area (Å²) >= 11 is 1.43. The Balaban J connectivity index is 2.00. The summed E-state index contributed by atoms with van der Waals surface area (Å²) in [6, 6.07) is 0. The van der Waals surface area contributed by atoms with Gasteiger partial charge in [0.2, 0.25) is 10.0 Å². The summed E-state index contributed by atoms with van der Waals surface area (Å²) in [7, 11) is -3.06. The maximum Gasteiger partial charge on any atom is 0.211 e. The van der Waals surface area contributed by atoms with Gasteiger partial charge in [0.15, 0.2) is 5.13 Å². The Morgan fingerprint density at radius 2 is 2.00 bits per heavy atom. The van der Waals surface area contributed by atoms with Gasteiger partial charge in [-0.05, 0) is 0 Å². The molecule has 0 bridgehead atoms. The van der Waals surface area contributed by atoms with Crippen molar-refractivity contribution in [3.63, 3.8) is 0 Å². The number of rotatable bonds is 2. The van der Waals surface area contributed by atoms with Crippen molar-refractivity contribution in [2.45, 2.75) is 0 Å². The molecule has 0 spiro atoms. The number of nitrogen functional groups attached to an aromatic ring is 1. The molecule has 2 rings (SSSR count). The fourth-order valence-corrected chi connectivity index (χ4v) is 3.19. The molecule has 16 heavy (non-hydrogen) atoms. The highest BCUT2D eigenvalue weighted by atomic mass is 32.2. The summed E-state index contributed by atoms with van der Waals surface area (Å²) < 4.78 is 24.1. The number of piperazine rings is 1. The van der Waals surface area contributed by atoms with Crippen molar-refractivity contribution in [2.75, 3.05) is 43.1 Å². The lowest BCUT2D eigenvalue weighted by Gasteiger charge is -2.32. The van der Waals surface area contributed by atoms with Gasteiger partial charge in [0, 0.05) is 26.2 Å². The number of nitrogens with two attached hydrogens (primary N) is 1. The van der Waals surface area contributed by atoms with Gasteiger partial charge >= 0.3 is 0 Å². The first-order valence-electron chi connectivity index (χ1n) is 4.88. The summed E-state index contributed by atoms with van der Waals surface area (Å²) in [5, 5.41) is 1.55. The molecule has 90 valence electrons. The van der Waals surface area contributed by atoms with E-state index in [1.165, 1.54) is 21.9 Å². The zero-order chi connectivity index (χ0) is 11.8. The van der Waals surface area contributed by atoms with Gasteiger partial charge in [-0.3, -0.25) is 0 Å². The van der Waals surface area contributed by atoms with E-state index in [1.807, 2.05) is 0 Å². The number of aromatic nitrogens is 1. The number of sulfonamides is 1. The molecule has 1 saturated heterocycles. The van der Waals surface area contributed by atoms with Crippen LogP contribution in [0.2, 0.25) is 0 Å². The van der Waals surface area contributed by atoms with Gasteiger partial charge in [0.25, 0.3) is 0 Å². The highest BCUT2D eigenvalue weighted by molar-refractivity contribution is 7.88. The van der Waals surface area contributed by atoms with E-state index >= 15 is 0 Å². The molecule has 0 unspecified atom stereocenters. The summed E-state index contributed by atoms with van der Waals surface area (Å²) in [5.41, 5.74) is 5.60. The quantitative estimate of drug-likeness (QED) is 0.799. The van der Waals surface area contributed by atoms with Crippen molar-refractivity contribution in [1.29, 1.82) is 0 Å². The summed E-state index contributed by atoms with van der Waals surface area (Å²) in [6.45, 7) is 2.36. The Morgan fingerprint density at radius 1 is 1.38 bits per heavy atom.